The zero-order valence-electron chi connectivity index (χ0n) is 31.8. The van der Waals surface area contributed by atoms with E-state index in [2.05, 4.69) is 58.0 Å². The molecular weight excluding hydrogens is 721 g/mol. The van der Waals surface area contributed by atoms with Crippen LogP contribution < -0.4 is 11.1 Å². The summed E-state index contributed by atoms with van der Waals surface area (Å²) in [6, 6.07) is 17.0. The Morgan fingerprint density at radius 3 is 1.75 bits per heavy atom. The van der Waals surface area contributed by atoms with Crippen LogP contribution in [0.5, 0.6) is 0 Å². The monoisotopic (exact) mass is 762 g/mol. The van der Waals surface area contributed by atoms with Crippen molar-refractivity contribution >= 4 is 21.8 Å². The molecular formula is C42H42N12O3. The number of aliphatic hydroxyl groups is 1. The van der Waals surface area contributed by atoms with Crippen molar-refractivity contribution in [1.29, 1.82) is 0 Å². The van der Waals surface area contributed by atoms with E-state index in [1.807, 2.05) is 36.4 Å². The number of benzene rings is 2. The summed E-state index contributed by atoms with van der Waals surface area (Å²) in [5.41, 5.74) is 8.97. The summed E-state index contributed by atoms with van der Waals surface area (Å²) in [6.07, 6.45) is 16.1. The molecule has 15 nitrogen and oxygen atoms in total. The van der Waals surface area contributed by atoms with E-state index in [0.717, 1.165) is 103 Å². The molecule has 2 aliphatic heterocycles. The maximum Gasteiger partial charge on any atom is 0.260 e. The molecule has 0 radical (unpaired) electrons. The van der Waals surface area contributed by atoms with Crippen LogP contribution in [-0.2, 0) is 33.0 Å². The van der Waals surface area contributed by atoms with Crippen LogP contribution in [0.1, 0.15) is 62.3 Å². The highest BCUT2D eigenvalue weighted by Crippen LogP contribution is 2.40. The molecule has 57 heavy (non-hydrogen) atoms. The van der Waals surface area contributed by atoms with Gasteiger partial charge in [-0.3, -0.25) is 19.0 Å². The van der Waals surface area contributed by atoms with Crippen molar-refractivity contribution < 1.29 is 5.11 Å². The molecule has 15 heteroatoms. The van der Waals surface area contributed by atoms with E-state index >= 15 is 0 Å². The molecule has 0 saturated heterocycles. The fraction of sp³-hybridized carbons (Fsp3) is 0.333. The van der Waals surface area contributed by atoms with E-state index in [0.29, 0.717) is 33.9 Å². The largest absolute Gasteiger partial charge is 0.400 e. The van der Waals surface area contributed by atoms with Crippen molar-refractivity contribution in [1.82, 2.24) is 58.2 Å². The molecule has 12 rings (SSSR count). The Kier molecular flexibility index (Phi) is 8.54. The molecule has 4 aliphatic rings. The molecule has 0 spiro atoms. The van der Waals surface area contributed by atoms with Crippen molar-refractivity contribution in [2.24, 2.45) is 7.05 Å². The summed E-state index contributed by atoms with van der Waals surface area (Å²) in [5, 5.41) is 17.8. The first-order valence-corrected chi connectivity index (χ1v) is 19.6. The average molecular weight is 763 g/mol. The summed E-state index contributed by atoms with van der Waals surface area (Å²) in [4.78, 5) is 46.0. The van der Waals surface area contributed by atoms with Gasteiger partial charge in [0.05, 0.1) is 57.9 Å². The normalized spacial score (nSPS) is 15.6. The standard InChI is InChI=1S/C21H20N6O.C20H18N6O.CH4O/c1-25-12-22-16-7-4-13(11-15(16)21(25)28)20-19(23-18-3-2-9-26(18)20)17-8-10-27(24-17)14-5-6-14;27-20-14-10-12(3-6-15(14)21-11-22-20)19-18(23-17-2-1-8-25(17)19)16-7-9-26(24-16)13-4-5-13;1-2/h4,7-8,10-12,14H,2-3,5-6,9H2,1H3;3,6-7,9-11,13H,1-2,4-5,8H2,(H,21,22,27);2H,1H3. The lowest BCUT2D eigenvalue weighted by atomic mass is 10.1. The quantitative estimate of drug-likeness (QED) is 0.223. The summed E-state index contributed by atoms with van der Waals surface area (Å²) < 4.78 is 10.2. The Morgan fingerprint density at radius 1 is 0.684 bits per heavy atom. The van der Waals surface area contributed by atoms with Gasteiger partial charge in [0, 0.05) is 63.6 Å². The first-order valence-electron chi connectivity index (χ1n) is 19.6. The summed E-state index contributed by atoms with van der Waals surface area (Å²) in [6.45, 7) is 1.90. The molecule has 2 fully saturated rings. The number of H-pyrrole nitrogens is 1. The summed E-state index contributed by atoms with van der Waals surface area (Å²) in [7, 11) is 2.73. The van der Waals surface area contributed by atoms with Crippen LogP contribution in [0.25, 0.3) is 67.1 Å². The number of hydrogen-bond acceptors (Lipinski definition) is 9. The van der Waals surface area contributed by atoms with E-state index in [1.165, 1.54) is 36.6 Å². The predicted octanol–water partition coefficient (Wildman–Crippen LogP) is 5.48. The van der Waals surface area contributed by atoms with Crippen LogP contribution in [0, 0.1) is 0 Å². The van der Waals surface area contributed by atoms with Crippen LogP contribution in [0.3, 0.4) is 0 Å². The van der Waals surface area contributed by atoms with Crippen LogP contribution >= 0.6 is 0 Å². The third kappa shape index (κ3) is 6.18. The van der Waals surface area contributed by atoms with Gasteiger partial charge in [-0.25, -0.2) is 19.9 Å². The fourth-order valence-electron chi connectivity index (χ4n) is 8.18. The van der Waals surface area contributed by atoms with Crippen LogP contribution in [0.4, 0.5) is 0 Å². The number of aliphatic hydroxyl groups excluding tert-OH is 1. The minimum Gasteiger partial charge on any atom is -0.400 e. The van der Waals surface area contributed by atoms with Crippen molar-refractivity contribution in [2.45, 2.75) is 76.5 Å². The molecule has 2 aromatic carbocycles. The molecule has 6 aromatic heterocycles. The zero-order chi connectivity index (χ0) is 38.8. The number of aromatic nitrogens is 12. The zero-order valence-corrected chi connectivity index (χ0v) is 31.8. The van der Waals surface area contributed by atoms with Gasteiger partial charge < -0.3 is 23.8 Å². The smallest absolute Gasteiger partial charge is 0.260 e. The molecule has 0 atom stereocenters. The van der Waals surface area contributed by atoms with Gasteiger partial charge >= 0.3 is 0 Å². The van der Waals surface area contributed by atoms with E-state index in [4.69, 9.17) is 25.3 Å². The van der Waals surface area contributed by atoms with Gasteiger partial charge in [-0.15, -0.1) is 0 Å². The maximum absolute atomic E-state index is 12.6. The highest BCUT2D eigenvalue weighted by molar-refractivity contribution is 5.88. The van der Waals surface area contributed by atoms with Crippen molar-refractivity contribution in [3.63, 3.8) is 0 Å². The minimum atomic E-state index is -0.123. The second-order valence-electron chi connectivity index (χ2n) is 15.1. The Labute approximate surface area is 326 Å². The number of aryl methyl sites for hydroxylation is 3. The van der Waals surface area contributed by atoms with Crippen LogP contribution in [0.15, 0.2) is 83.2 Å². The highest BCUT2D eigenvalue weighted by Gasteiger charge is 2.29. The van der Waals surface area contributed by atoms with Gasteiger partial charge in [0.2, 0.25) is 0 Å². The van der Waals surface area contributed by atoms with E-state index in [1.54, 1.807) is 13.4 Å². The molecule has 8 heterocycles. The van der Waals surface area contributed by atoms with E-state index in [-0.39, 0.29) is 11.1 Å². The molecule has 288 valence electrons. The third-order valence-electron chi connectivity index (χ3n) is 11.3. The predicted molar refractivity (Wildman–Crippen MR) is 216 cm³/mol. The maximum atomic E-state index is 12.6. The summed E-state index contributed by atoms with van der Waals surface area (Å²) in [5.74, 6) is 2.20. The highest BCUT2D eigenvalue weighted by atomic mass is 16.2. The van der Waals surface area contributed by atoms with Crippen molar-refractivity contribution in [3.05, 3.63) is 106 Å². The SMILES string of the molecule is CO.Cn1cnc2ccc(-c3c(-c4ccn(C5CC5)n4)nc4n3CCC4)cc2c1=O.O=c1[nH]cnc2ccc(-c3c(-c4ccn(C5CC5)n4)nc4n3CCC4)cc12. The van der Waals surface area contributed by atoms with Gasteiger partial charge in [-0.2, -0.15) is 10.2 Å². The Morgan fingerprint density at radius 2 is 1.21 bits per heavy atom. The topological polar surface area (TPSA) is 172 Å². The number of imidazole rings is 2. The lowest BCUT2D eigenvalue weighted by molar-refractivity contribution is 0.399. The number of hydrogen-bond donors (Lipinski definition) is 2. The van der Waals surface area contributed by atoms with Crippen molar-refractivity contribution in [2.75, 3.05) is 7.11 Å². The van der Waals surface area contributed by atoms with Crippen LogP contribution in [-0.4, -0.2) is 70.4 Å². The third-order valence-corrected chi connectivity index (χ3v) is 11.3. The van der Waals surface area contributed by atoms with Gasteiger partial charge in [0.1, 0.15) is 34.4 Å². The lowest BCUT2D eigenvalue weighted by Gasteiger charge is -2.09. The summed E-state index contributed by atoms with van der Waals surface area (Å²) >= 11 is 0. The van der Waals surface area contributed by atoms with Gasteiger partial charge in [-0.05, 0) is 74.9 Å². The first-order chi connectivity index (χ1) is 28.0. The number of fused-ring (bicyclic) bond motifs is 4. The van der Waals surface area contributed by atoms with E-state index in [9.17, 15) is 9.59 Å². The number of nitrogens with zero attached hydrogens (tertiary/aromatic N) is 11. The second kappa shape index (κ2) is 13.9. The molecule has 0 unspecified atom stereocenters. The molecule has 2 saturated carbocycles. The van der Waals surface area contributed by atoms with E-state index < -0.39 is 0 Å². The van der Waals surface area contributed by atoms with Gasteiger partial charge in [-0.1, -0.05) is 12.1 Å². The molecule has 2 aliphatic carbocycles. The second-order valence-corrected chi connectivity index (χ2v) is 15.1. The number of rotatable bonds is 6. The Balaban J connectivity index is 0.000000133. The lowest BCUT2D eigenvalue weighted by Crippen LogP contribution is -2.16. The average Bonchev–Trinajstić information content (AvgIpc) is 3.79. The van der Waals surface area contributed by atoms with Crippen LogP contribution in [0.2, 0.25) is 0 Å². The Hall–Kier alpha value is -6.48. The number of nitrogens with one attached hydrogen (secondary N) is 1. The van der Waals surface area contributed by atoms with Gasteiger partial charge in [0.25, 0.3) is 11.1 Å². The molecule has 0 amide bonds. The molecule has 8 aromatic rings. The molecule has 2 N–H and O–H groups in total. The van der Waals surface area contributed by atoms with Crippen molar-refractivity contribution in [3.8, 4) is 45.3 Å². The fourth-order valence-corrected chi connectivity index (χ4v) is 8.18. The Bertz CT molecular complexity index is 2940. The van der Waals surface area contributed by atoms with Gasteiger partial charge in [0.15, 0.2) is 0 Å². The first kappa shape index (κ1) is 35.0. The number of aromatic amines is 1. The molecule has 0 bridgehead atoms. The minimum absolute atomic E-state index is 0.0347.